The first-order chi connectivity index (χ1) is 15.0. The van der Waals surface area contributed by atoms with E-state index in [2.05, 4.69) is 15.6 Å². The summed E-state index contributed by atoms with van der Waals surface area (Å²) in [5, 5.41) is 6.16. The van der Waals surface area contributed by atoms with Crippen LogP contribution in [0, 0.1) is 0 Å². The van der Waals surface area contributed by atoms with Gasteiger partial charge < -0.3 is 25.2 Å². The van der Waals surface area contributed by atoms with Crippen LogP contribution in [0.3, 0.4) is 0 Å². The van der Waals surface area contributed by atoms with Crippen LogP contribution in [-0.2, 0) is 16.0 Å². The standard InChI is InChI=1S/C23H37N5O3.HI/c1-5-24-23(27(4)16-22(30)28(6-2)7-3)25-15-14-18-8-12-20(13-9-18)31-17-21(29)26-19-10-11-19;/h8-9,12-13,19H,5-7,10-11,14-17H2,1-4H3,(H,24,25)(H,26,29);1H. The summed E-state index contributed by atoms with van der Waals surface area (Å²) in [6.07, 6.45) is 2.91. The zero-order valence-corrected chi connectivity index (χ0v) is 22.1. The molecule has 1 saturated carbocycles. The zero-order chi connectivity index (χ0) is 22.6. The van der Waals surface area contributed by atoms with Gasteiger partial charge >= 0.3 is 0 Å². The predicted octanol–water partition coefficient (Wildman–Crippen LogP) is 2.27. The first-order valence-corrected chi connectivity index (χ1v) is 11.2. The molecule has 0 atom stereocenters. The molecule has 0 saturated heterocycles. The van der Waals surface area contributed by atoms with Gasteiger partial charge in [-0.25, -0.2) is 0 Å². The Balaban J connectivity index is 0.00000512. The van der Waals surface area contributed by atoms with Gasteiger partial charge in [0.15, 0.2) is 12.6 Å². The Morgan fingerprint density at radius 3 is 2.34 bits per heavy atom. The summed E-state index contributed by atoms with van der Waals surface area (Å²) in [6.45, 7) is 9.10. The minimum absolute atomic E-state index is 0. The van der Waals surface area contributed by atoms with Crippen molar-refractivity contribution in [2.45, 2.75) is 46.1 Å². The van der Waals surface area contributed by atoms with Crippen LogP contribution in [0.2, 0.25) is 0 Å². The predicted molar refractivity (Wildman–Crippen MR) is 139 cm³/mol. The molecule has 2 rings (SSSR count). The van der Waals surface area contributed by atoms with Gasteiger partial charge in [0.25, 0.3) is 5.91 Å². The maximum Gasteiger partial charge on any atom is 0.258 e. The molecule has 180 valence electrons. The Morgan fingerprint density at radius 1 is 1.12 bits per heavy atom. The number of halogens is 1. The van der Waals surface area contributed by atoms with Gasteiger partial charge in [-0.05, 0) is 57.7 Å². The minimum Gasteiger partial charge on any atom is -0.484 e. The quantitative estimate of drug-likeness (QED) is 0.233. The summed E-state index contributed by atoms with van der Waals surface area (Å²) in [5.74, 6) is 1.44. The van der Waals surface area contributed by atoms with Crippen molar-refractivity contribution in [2.24, 2.45) is 4.99 Å². The van der Waals surface area contributed by atoms with E-state index in [1.165, 1.54) is 0 Å². The van der Waals surface area contributed by atoms with Gasteiger partial charge in [0, 0.05) is 39.3 Å². The van der Waals surface area contributed by atoms with Gasteiger partial charge in [0.2, 0.25) is 5.91 Å². The Hall–Kier alpha value is -2.04. The highest BCUT2D eigenvalue weighted by molar-refractivity contribution is 14.0. The Labute approximate surface area is 209 Å². The highest BCUT2D eigenvalue weighted by Gasteiger charge is 2.23. The minimum atomic E-state index is -0.0690. The molecule has 1 aromatic carbocycles. The lowest BCUT2D eigenvalue weighted by atomic mass is 10.1. The smallest absolute Gasteiger partial charge is 0.258 e. The second-order valence-corrected chi connectivity index (χ2v) is 7.68. The highest BCUT2D eigenvalue weighted by Crippen LogP contribution is 2.18. The van der Waals surface area contributed by atoms with Crippen molar-refractivity contribution in [3.05, 3.63) is 29.8 Å². The molecule has 2 amide bonds. The summed E-state index contributed by atoms with van der Waals surface area (Å²) in [6, 6.07) is 8.09. The summed E-state index contributed by atoms with van der Waals surface area (Å²) < 4.78 is 5.54. The number of guanidine groups is 1. The van der Waals surface area contributed by atoms with Crippen molar-refractivity contribution >= 4 is 41.8 Å². The molecular weight excluding hydrogens is 521 g/mol. The second-order valence-electron chi connectivity index (χ2n) is 7.68. The molecule has 8 nitrogen and oxygen atoms in total. The lowest BCUT2D eigenvalue weighted by Gasteiger charge is -2.25. The van der Waals surface area contributed by atoms with E-state index in [1.54, 1.807) is 0 Å². The number of carbonyl (C=O) groups excluding carboxylic acids is 2. The molecule has 0 spiro atoms. The van der Waals surface area contributed by atoms with Crippen LogP contribution in [-0.4, -0.2) is 80.0 Å². The first kappa shape index (κ1) is 28.0. The van der Waals surface area contributed by atoms with Crippen LogP contribution in [0.1, 0.15) is 39.2 Å². The van der Waals surface area contributed by atoms with E-state index in [1.807, 2.05) is 61.9 Å². The number of likely N-dealkylation sites (N-methyl/N-ethyl adjacent to an activating group) is 2. The molecule has 0 radical (unpaired) electrons. The third-order valence-corrected chi connectivity index (χ3v) is 5.08. The number of amides is 2. The number of benzene rings is 1. The van der Waals surface area contributed by atoms with Gasteiger partial charge in [0.1, 0.15) is 5.75 Å². The van der Waals surface area contributed by atoms with E-state index in [0.717, 1.165) is 37.3 Å². The van der Waals surface area contributed by atoms with Crippen LogP contribution in [0.15, 0.2) is 29.3 Å². The average molecular weight is 559 g/mol. The van der Waals surface area contributed by atoms with Gasteiger partial charge in [-0.2, -0.15) is 0 Å². The van der Waals surface area contributed by atoms with Crippen molar-refractivity contribution in [3.63, 3.8) is 0 Å². The van der Waals surface area contributed by atoms with Gasteiger partial charge in [-0.15, -0.1) is 24.0 Å². The maximum atomic E-state index is 12.4. The van der Waals surface area contributed by atoms with Crippen LogP contribution in [0.4, 0.5) is 0 Å². The van der Waals surface area contributed by atoms with Crippen molar-refractivity contribution in [2.75, 3.05) is 46.4 Å². The van der Waals surface area contributed by atoms with E-state index >= 15 is 0 Å². The molecule has 1 aliphatic carbocycles. The van der Waals surface area contributed by atoms with Crippen LogP contribution >= 0.6 is 24.0 Å². The molecule has 0 heterocycles. The molecule has 0 bridgehead atoms. The molecule has 9 heteroatoms. The number of ether oxygens (including phenoxy) is 1. The Kier molecular flexibility index (Phi) is 13.0. The summed E-state index contributed by atoms with van der Waals surface area (Å²) in [7, 11) is 1.88. The van der Waals surface area contributed by atoms with E-state index in [9.17, 15) is 9.59 Å². The third kappa shape index (κ3) is 10.1. The van der Waals surface area contributed by atoms with Crippen molar-refractivity contribution in [1.29, 1.82) is 0 Å². The lowest BCUT2D eigenvalue weighted by Crippen LogP contribution is -2.45. The fraction of sp³-hybridized carbons (Fsp3) is 0.609. The van der Waals surface area contributed by atoms with Crippen LogP contribution in [0.5, 0.6) is 5.75 Å². The van der Waals surface area contributed by atoms with Gasteiger partial charge in [-0.3, -0.25) is 14.6 Å². The molecule has 1 aromatic rings. The van der Waals surface area contributed by atoms with Crippen molar-refractivity contribution in [1.82, 2.24) is 20.4 Å². The first-order valence-electron chi connectivity index (χ1n) is 11.2. The maximum absolute atomic E-state index is 12.4. The number of nitrogens with zero attached hydrogens (tertiary/aromatic N) is 3. The second kappa shape index (κ2) is 14.9. The van der Waals surface area contributed by atoms with Crippen LogP contribution in [0.25, 0.3) is 0 Å². The third-order valence-electron chi connectivity index (χ3n) is 5.08. The molecule has 0 aliphatic heterocycles. The summed E-state index contributed by atoms with van der Waals surface area (Å²) in [5.41, 5.74) is 1.14. The number of rotatable bonds is 12. The van der Waals surface area contributed by atoms with Gasteiger partial charge in [-0.1, -0.05) is 12.1 Å². The van der Waals surface area contributed by atoms with Crippen molar-refractivity contribution < 1.29 is 14.3 Å². The molecule has 1 aliphatic rings. The van der Waals surface area contributed by atoms with E-state index in [4.69, 9.17) is 4.74 Å². The van der Waals surface area contributed by atoms with E-state index in [0.29, 0.717) is 38.0 Å². The summed E-state index contributed by atoms with van der Waals surface area (Å²) >= 11 is 0. The molecule has 1 fully saturated rings. The molecule has 2 N–H and O–H groups in total. The Bertz CT molecular complexity index is 734. The fourth-order valence-corrected chi connectivity index (χ4v) is 3.11. The molecular formula is C23H38IN5O3. The summed E-state index contributed by atoms with van der Waals surface area (Å²) in [4.78, 5) is 32.4. The highest BCUT2D eigenvalue weighted by atomic mass is 127. The van der Waals surface area contributed by atoms with Crippen LogP contribution < -0.4 is 15.4 Å². The zero-order valence-electron chi connectivity index (χ0n) is 19.7. The molecule has 0 aromatic heterocycles. The fourth-order valence-electron chi connectivity index (χ4n) is 3.11. The Morgan fingerprint density at radius 2 is 1.78 bits per heavy atom. The monoisotopic (exact) mass is 559 g/mol. The van der Waals surface area contributed by atoms with E-state index < -0.39 is 0 Å². The largest absolute Gasteiger partial charge is 0.484 e. The number of hydrogen-bond acceptors (Lipinski definition) is 4. The SMILES string of the molecule is CCNC(=NCCc1ccc(OCC(=O)NC2CC2)cc1)N(C)CC(=O)N(CC)CC.I. The number of carbonyl (C=O) groups is 2. The van der Waals surface area contributed by atoms with E-state index in [-0.39, 0.29) is 42.4 Å². The molecule has 0 unspecified atom stereocenters. The molecule has 32 heavy (non-hydrogen) atoms. The lowest BCUT2D eigenvalue weighted by molar-refractivity contribution is -0.131. The number of nitrogens with one attached hydrogen (secondary N) is 2. The average Bonchev–Trinajstić information content (AvgIpc) is 3.57. The van der Waals surface area contributed by atoms with Gasteiger partial charge in [0.05, 0.1) is 6.54 Å². The normalized spacial score (nSPS) is 13.1. The number of hydrogen-bond donors (Lipinski definition) is 2. The topological polar surface area (TPSA) is 86.3 Å². The van der Waals surface area contributed by atoms with Crippen molar-refractivity contribution in [3.8, 4) is 5.75 Å². The number of aliphatic imine (C=N–C) groups is 1.